The Hall–Kier alpha value is -1.95. The molecule has 0 bridgehead atoms. The third-order valence-electron chi connectivity index (χ3n) is 2.99. The molecule has 3 aromatic rings. The third kappa shape index (κ3) is 4.00. The van der Waals surface area contributed by atoms with Crippen LogP contribution >= 0.6 is 22.7 Å². The molecule has 132 valence electrons. The van der Waals surface area contributed by atoms with E-state index in [1.54, 1.807) is 22.9 Å². The molecule has 25 heavy (non-hydrogen) atoms. The Morgan fingerprint density at radius 1 is 0.760 bits per heavy atom. The van der Waals surface area contributed by atoms with E-state index >= 15 is 0 Å². The Morgan fingerprint density at radius 2 is 1.28 bits per heavy atom. The lowest BCUT2D eigenvalue weighted by molar-refractivity contribution is 0.600. The summed E-state index contributed by atoms with van der Waals surface area (Å²) in [6.07, 6.45) is 0. The monoisotopic (exact) mass is 418 g/mol. The van der Waals surface area contributed by atoms with Gasteiger partial charge in [0.25, 0.3) is 20.0 Å². The molecule has 2 aromatic heterocycles. The number of nitrogens with one attached hydrogen (secondary N) is 2. The van der Waals surface area contributed by atoms with Gasteiger partial charge in [0.05, 0.1) is 11.4 Å². The standard InChI is InChI=1S/C14H11FN2O4S4/c15-10-5-6-11(16-24(18,19)13-3-1-7-22-13)12(9-10)17-25(20,21)14-4-2-8-23-14/h1-9,16-17H. The molecule has 0 saturated heterocycles. The van der Waals surface area contributed by atoms with E-state index < -0.39 is 25.9 Å². The van der Waals surface area contributed by atoms with Crippen LogP contribution in [0.3, 0.4) is 0 Å². The van der Waals surface area contributed by atoms with Gasteiger partial charge in [-0.15, -0.1) is 22.7 Å². The minimum absolute atomic E-state index is 0.0313. The number of benzene rings is 1. The summed E-state index contributed by atoms with van der Waals surface area (Å²) in [4.78, 5) is 0. The van der Waals surface area contributed by atoms with Crippen LogP contribution < -0.4 is 9.44 Å². The van der Waals surface area contributed by atoms with E-state index in [4.69, 9.17) is 0 Å². The molecule has 0 unspecified atom stereocenters. The molecule has 6 nitrogen and oxygen atoms in total. The zero-order valence-electron chi connectivity index (χ0n) is 12.3. The molecule has 0 radical (unpaired) electrons. The second kappa shape index (κ2) is 6.75. The fraction of sp³-hybridized carbons (Fsp3) is 0. The Kier molecular flexibility index (Phi) is 4.82. The van der Waals surface area contributed by atoms with Crippen LogP contribution in [0.5, 0.6) is 0 Å². The van der Waals surface area contributed by atoms with Crippen molar-refractivity contribution in [2.24, 2.45) is 0 Å². The van der Waals surface area contributed by atoms with E-state index in [0.29, 0.717) is 0 Å². The van der Waals surface area contributed by atoms with Gasteiger partial charge >= 0.3 is 0 Å². The number of sulfonamides is 2. The summed E-state index contributed by atoms with van der Waals surface area (Å²) in [5.74, 6) is -0.706. The third-order valence-corrected chi connectivity index (χ3v) is 8.52. The van der Waals surface area contributed by atoms with Crippen LogP contribution in [0.25, 0.3) is 0 Å². The summed E-state index contributed by atoms with van der Waals surface area (Å²) >= 11 is 2.00. The number of rotatable bonds is 6. The molecule has 0 spiro atoms. The zero-order chi connectivity index (χ0) is 18.1. The highest BCUT2D eigenvalue weighted by atomic mass is 32.3. The molecule has 0 fully saturated rings. The molecule has 0 amide bonds. The van der Waals surface area contributed by atoms with Crippen molar-refractivity contribution in [1.29, 1.82) is 0 Å². The van der Waals surface area contributed by atoms with Crippen molar-refractivity contribution in [2.75, 3.05) is 9.44 Å². The first-order valence-corrected chi connectivity index (χ1v) is 11.4. The maximum Gasteiger partial charge on any atom is 0.271 e. The maximum absolute atomic E-state index is 13.6. The average Bonchev–Trinajstić information content (AvgIpc) is 3.23. The molecular weight excluding hydrogens is 407 g/mol. The van der Waals surface area contributed by atoms with Crippen molar-refractivity contribution >= 4 is 54.1 Å². The number of anilines is 2. The second-order valence-corrected chi connectivity index (χ2v) is 10.5. The van der Waals surface area contributed by atoms with Crippen LogP contribution in [-0.4, -0.2) is 16.8 Å². The van der Waals surface area contributed by atoms with Crippen LogP contribution in [-0.2, 0) is 20.0 Å². The number of hydrogen-bond acceptors (Lipinski definition) is 6. The highest BCUT2D eigenvalue weighted by Gasteiger charge is 2.21. The molecule has 3 rings (SSSR count). The smallest absolute Gasteiger partial charge is 0.271 e. The van der Waals surface area contributed by atoms with E-state index in [-0.39, 0.29) is 19.8 Å². The first-order chi connectivity index (χ1) is 11.8. The van der Waals surface area contributed by atoms with Gasteiger partial charge < -0.3 is 0 Å². The summed E-state index contributed by atoms with van der Waals surface area (Å²) in [6, 6.07) is 9.04. The summed E-state index contributed by atoms with van der Waals surface area (Å²) in [6.45, 7) is 0. The lowest BCUT2D eigenvalue weighted by Crippen LogP contribution is -2.16. The largest absolute Gasteiger partial charge is 0.277 e. The van der Waals surface area contributed by atoms with E-state index in [1.165, 1.54) is 12.1 Å². The second-order valence-electron chi connectivity index (χ2n) is 4.77. The van der Waals surface area contributed by atoms with Gasteiger partial charge in [-0.2, -0.15) is 0 Å². The Morgan fingerprint density at radius 3 is 1.76 bits per heavy atom. The molecule has 2 heterocycles. The Balaban J connectivity index is 1.97. The Labute approximate surface area is 152 Å². The van der Waals surface area contributed by atoms with E-state index in [0.717, 1.165) is 40.9 Å². The van der Waals surface area contributed by atoms with Gasteiger partial charge in [-0.05, 0) is 35.0 Å². The molecule has 11 heteroatoms. The van der Waals surface area contributed by atoms with Crippen molar-refractivity contribution in [2.45, 2.75) is 8.42 Å². The molecular formula is C14H11FN2O4S4. The van der Waals surface area contributed by atoms with Gasteiger partial charge in [-0.25, -0.2) is 21.2 Å². The van der Waals surface area contributed by atoms with Crippen molar-refractivity contribution in [3.05, 3.63) is 59.0 Å². The molecule has 0 aliphatic heterocycles. The van der Waals surface area contributed by atoms with Crippen LogP contribution in [0.1, 0.15) is 0 Å². The predicted octanol–water partition coefficient (Wildman–Crippen LogP) is 3.55. The average molecular weight is 419 g/mol. The minimum atomic E-state index is -3.95. The molecule has 0 aliphatic rings. The van der Waals surface area contributed by atoms with Crippen molar-refractivity contribution in [3.8, 4) is 0 Å². The van der Waals surface area contributed by atoms with Crippen LogP contribution in [0.15, 0.2) is 61.6 Å². The lowest BCUT2D eigenvalue weighted by Gasteiger charge is -2.13. The molecule has 0 atom stereocenters. The van der Waals surface area contributed by atoms with E-state index in [1.807, 2.05) is 0 Å². The topological polar surface area (TPSA) is 92.3 Å². The van der Waals surface area contributed by atoms with E-state index in [2.05, 4.69) is 9.44 Å². The zero-order valence-corrected chi connectivity index (χ0v) is 15.6. The Bertz CT molecular complexity index is 1080. The number of thiophene rings is 2. The van der Waals surface area contributed by atoms with Gasteiger partial charge in [-0.3, -0.25) is 9.44 Å². The molecule has 2 N–H and O–H groups in total. The van der Waals surface area contributed by atoms with Crippen molar-refractivity contribution < 1.29 is 21.2 Å². The van der Waals surface area contributed by atoms with Crippen molar-refractivity contribution in [1.82, 2.24) is 0 Å². The highest BCUT2D eigenvalue weighted by molar-refractivity contribution is 7.95. The van der Waals surface area contributed by atoms with E-state index in [9.17, 15) is 21.2 Å². The van der Waals surface area contributed by atoms with Gasteiger partial charge in [-0.1, -0.05) is 12.1 Å². The normalized spacial score (nSPS) is 12.0. The van der Waals surface area contributed by atoms with Gasteiger partial charge in [0, 0.05) is 6.07 Å². The number of hydrogen-bond donors (Lipinski definition) is 2. The van der Waals surface area contributed by atoms with Crippen LogP contribution in [0, 0.1) is 5.82 Å². The van der Waals surface area contributed by atoms with Crippen LogP contribution in [0.2, 0.25) is 0 Å². The lowest BCUT2D eigenvalue weighted by atomic mass is 10.3. The number of halogens is 1. The molecule has 0 saturated carbocycles. The fourth-order valence-corrected chi connectivity index (χ4v) is 6.05. The SMILES string of the molecule is O=S(=O)(Nc1ccc(F)cc1NS(=O)(=O)c1cccs1)c1cccs1. The van der Waals surface area contributed by atoms with Crippen LogP contribution in [0.4, 0.5) is 15.8 Å². The first kappa shape index (κ1) is 17.9. The predicted molar refractivity (Wildman–Crippen MR) is 96.7 cm³/mol. The van der Waals surface area contributed by atoms with Gasteiger partial charge in [0.15, 0.2) is 0 Å². The fourth-order valence-electron chi connectivity index (χ4n) is 1.91. The van der Waals surface area contributed by atoms with Gasteiger partial charge in [0.2, 0.25) is 0 Å². The minimum Gasteiger partial charge on any atom is -0.277 e. The van der Waals surface area contributed by atoms with Gasteiger partial charge in [0.1, 0.15) is 14.2 Å². The molecule has 1 aromatic carbocycles. The summed E-state index contributed by atoms with van der Waals surface area (Å²) < 4.78 is 67.4. The summed E-state index contributed by atoms with van der Waals surface area (Å²) in [5, 5.41) is 3.18. The quantitative estimate of drug-likeness (QED) is 0.640. The molecule has 0 aliphatic carbocycles. The first-order valence-electron chi connectivity index (χ1n) is 6.70. The van der Waals surface area contributed by atoms with Crippen molar-refractivity contribution in [3.63, 3.8) is 0 Å². The summed E-state index contributed by atoms with van der Waals surface area (Å²) in [7, 11) is -7.85. The maximum atomic E-state index is 13.6. The highest BCUT2D eigenvalue weighted by Crippen LogP contribution is 2.29. The summed E-state index contributed by atoms with van der Waals surface area (Å²) in [5.41, 5.74) is -0.275.